The van der Waals surface area contributed by atoms with Crippen molar-refractivity contribution in [2.45, 2.75) is 36.9 Å². The first-order valence-electron chi connectivity index (χ1n) is 6.33. The van der Waals surface area contributed by atoms with Gasteiger partial charge in [-0.2, -0.15) is 0 Å². The van der Waals surface area contributed by atoms with Gasteiger partial charge >= 0.3 is 0 Å². The summed E-state index contributed by atoms with van der Waals surface area (Å²) in [5.41, 5.74) is 5.85. The standard InChI is InChI=1S/C12H20N4O2S/c1-9-8-10(5-7-16(9)2)15-19(17,18)12-11(13)4-3-6-14-12/h3-4,6,9-10,15H,5,7-8,13H2,1-2H3. The Morgan fingerprint density at radius 3 is 2.89 bits per heavy atom. The minimum absolute atomic E-state index is 0.0578. The summed E-state index contributed by atoms with van der Waals surface area (Å²) in [4.78, 5) is 6.09. The van der Waals surface area contributed by atoms with E-state index in [0.717, 1.165) is 19.4 Å². The highest BCUT2D eigenvalue weighted by molar-refractivity contribution is 7.89. The highest BCUT2D eigenvalue weighted by Crippen LogP contribution is 2.19. The van der Waals surface area contributed by atoms with Crippen LogP contribution in [0.2, 0.25) is 0 Å². The van der Waals surface area contributed by atoms with E-state index in [4.69, 9.17) is 5.73 Å². The van der Waals surface area contributed by atoms with Gasteiger partial charge < -0.3 is 10.6 Å². The van der Waals surface area contributed by atoms with Crippen LogP contribution in [0.5, 0.6) is 0 Å². The molecule has 1 aliphatic rings. The van der Waals surface area contributed by atoms with E-state index in [1.165, 1.54) is 6.20 Å². The first-order valence-corrected chi connectivity index (χ1v) is 7.81. The van der Waals surface area contributed by atoms with Crippen LogP contribution in [-0.4, -0.2) is 44.0 Å². The summed E-state index contributed by atoms with van der Waals surface area (Å²) in [5.74, 6) is 0. The number of hydrogen-bond acceptors (Lipinski definition) is 5. The van der Waals surface area contributed by atoms with Gasteiger partial charge in [0.25, 0.3) is 10.0 Å². The molecule has 2 rings (SSSR count). The second-order valence-electron chi connectivity index (χ2n) is 5.07. The van der Waals surface area contributed by atoms with Crippen LogP contribution in [0.25, 0.3) is 0 Å². The van der Waals surface area contributed by atoms with E-state index in [0.29, 0.717) is 6.04 Å². The highest BCUT2D eigenvalue weighted by atomic mass is 32.2. The molecule has 1 saturated heterocycles. The first kappa shape index (κ1) is 14.2. The third kappa shape index (κ3) is 3.23. The Bertz CT molecular complexity index is 546. The van der Waals surface area contributed by atoms with E-state index in [2.05, 4.69) is 21.5 Å². The van der Waals surface area contributed by atoms with Gasteiger partial charge in [0.1, 0.15) is 0 Å². The van der Waals surface area contributed by atoms with E-state index in [-0.39, 0.29) is 16.8 Å². The number of hydrogen-bond donors (Lipinski definition) is 2. The lowest BCUT2D eigenvalue weighted by Crippen LogP contribution is -2.47. The number of nitrogens with one attached hydrogen (secondary N) is 1. The van der Waals surface area contributed by atoms with Crippen LogP contribution >= 0.6 is 0 Å². The summed E-state index contributed by atoms with van der Waals surface area (Å²) in [6.45, 7) is 2.97. The summed E-state index contributed by atoms with van der Waals surface area (Å²) in [6, 6.07) is 3.46. The molecule has 1 aliphatic heterocycles. The minimum atomic E-state index is -3.64. The number of nitrogen functional groups attached to an aromatic ring is 1. The molecule has 0 bridgehead atoms. The van der Waals surface area contributed by atoms with Crippen molar-refractivity contribution < 1.29 is 8.42 Å². The molecule has 1 fully saturated rings. The number of nitrogens with zero attached hydrogens (tertiary/aromatic N) is 2. The van der Waals surface area contributed by atoms with Gasteiger partial charge in [0.15, 0.2) is 5.03 Å². The Hall–Kier alpha value is -1.18. The lowest BCUT2D eigenvalue weighted by Gasteiger charge is -2.35. The van der Waals surface area contributed by atoms with Crippen molar-refractivity contribution >= 4 is 15.7 Å². The fourth-order valence-corrected chi connectivity index (χ4v) is 3.64. The Balaban J connectivity index is 2.12. The number of anilines is 1. The van der Waals surface area contributed by atoms with Crippen LogP contribution < -0.4 is 10.5 Å². The van der Waals surface area contributed by atoms with Gasteiger partial charge in [0, 0.05) is 18.3 Å². The molecule has 0 saturated carbocycles. The van der Waals surface area contributed by atoms with Crippen LogP contribution in [0.4, 0.5) is 5.69 Å². The maximum Gasteiger partial charge on any atom is 0.260 e. The second kappa shape index (κ2) is 5.44. The van der Waals surface area contributed by atoms with E-state index in [1.807, 2.05) is 7.05 Å². The van der Waals surface area contributed by atoms with Crippen molar-refractivity contribution in [2.75, 3.05) is 19.3 Å². The zero-order valence-electron chi connectivity index (χ0n) is 11.2. The molecule has 2 atom stereocenters. The maximum atomic E-state index is 12.2. The predicted octanol–water partition coefficient (Wildman–Crippen LogP) is 0.425. The molecule has 2 heterocycles. The average molecular weight is 284 g/mol. The number of nitrogens with two attached hydrogens (primary N) is 1. The molecule has 0 aromatic carbocycles. The summed E-state index contributed by atoms with van der Waals surface area (Å²) in [5, 5.41) is -0.0819. The molecule has 0 radical (unpaired) electrons. The van der Waals surface area contributed by atoms with Gasteiger partial charge in [0.2, 0.25) is 0 Å². The smallest absolute Gasteiger partial charge is 0.260 e. The molecule has 19 heavy (non-hydrogen) atoms. The largest absolute Gasteiger partial charge is 0.396 e. The second-order valence-corrected chi connectivity index (χ2v) is 6.70. The Kier molecular flexibility index (Phi) is 4.07. The highest BCUT2D eigenvalue weighted by Gasteiger charge is 2.28. The topological polar surface area (TPSA) is 88.3 Å². The molecular formula is C12H20N4O2S. The van der Waals surface area contributed by atoms with Gasteiger partial charge in [0.05, 0.1) is 5.69 Å². The Labute approximate surface area is 114 Å². The predicted molar refractivity (Wildman–Crippen MR) is 74.1 cm³/mol. The Morgan fingerprint density at radius 2 is 2.26 bits per heavy atom. The number of piperidine rings is 1. The lowest BCUT2D eigenvalue weighted by atomic mass is 10.0. The quantitative estimate of drug-likeness (QED) is 0.840. The zero-order chi connectivity index (χ0) is 14.0. The molecule has 1 aromatic rings. The van der Waals surface area contributed by atoms with Crippen LogP contribution in [0, 0.1) is 0 Å². The normalized spacial score (nSPS) is 25.4. The molecule has 6 nitrogen and oxygen atoms in total. The van der Waals surface area contributed by atoms with Gasteiger partial charge in [-0.15, -0.1) is 0 Å². The third-order valence-electron chi connectivity index (χ3n) is 3.59. The third-order valence-corrected chi connectivity index (χ3v) is 5.08. The number of pyridine rings is 1. The summed E-state index contributed by atoms with van der Waals surface area (Å²) in [7, 11) is -1.59. The van der Waals surface area contributed by atoms with Gasteiger partial charge in [-0.25, -0.2) is 18.1 Å². The first-order chi connectivity index (χ1) is 8.90. The zero-order valence-corrected chi connectivity index (χ0v) is 12.0. The van der Waals surface area contributed by atoms with Crippen molar-refractivity contribution in [3.63, 3.8) is 0 Å². The van der Waals surface area contributed by atoms with Crippen molar-refractivity contribution in [1.82, 2.24) is 14.6 Å². The fraction of sp³-hybridized carbons (Fsp3) is 0.583. The van der Waals surface area contributed by atoms with Crippen LogP contribution in [0.15, 0.2) is 23.4 Å². The van der Waals surface area contributed by atoms with E-state index < -0.39 is 10.0 Å². The van der Waals surface area contributed by atoms with E-state index >= 15 is 0 Å². The molecule has 3 N–H and O–H groups in total. The SMILES string of the molecule is CC1CC(NS(=O)(=O)c2ncccc2N)CCN1C. The van der Waals surface area contributed by atoms with E-state index in [9.17, 15) is 8.42 Å². The van der Waals surface area contributed by atoms with E-state index in [1.54, 1.807) is 12.1 Å². The van der Waals surface area contributed by atoms with Crippen molar-refractivity contribution in [3.8, 4) is 0 Å². The summed E-state index contributed by atoms with van der Waals surface area (Å²) in [6.07, 6.45) is 3.03. The molecule has 0 aliphatic carbocycles. The van der Waals surface area contributed by atoms with Gasteiger partial charge in [-0.05, 0) is 45.5 Å². The number of rotatable bonds is 3. The Morgan fingerprint density at radius 1 is 1.53 bits per heavy atom. The molecule has 1 aromatic heterocycles. The molecule has 7 heteroatoms. The number of sulfonamides is 1. The maximum absolute atomic E-state index is 12.2. The van der Waals surface area contributed by atoms with Crippen LogP contribution in [0.3, 0.4) is 0 Å². The van der Waals surface area contributed by atoms with Crippen LogP contribution in [-0.2, 0) is 10.0 Å². The van der Waals surface area contributed by atoms with Crippen molar-refractivity contribution in [3.05, 3.63) is 18.3 Å². The van der Waals surface area contributed by atoms with Crippen molar-refractivity contribution in [1.29, 1.82) is 0 Å². The fourth-order valence-electron chi connectivity index (χ4n) is 2.30. The monoisotopic (exact) mass is 284 g/mol. The van der Waals surface area contributed by atoms with Crippen molar-refractivity contribution in [2.24, 2.45) is 0 Å². The van der Waals surface area contributed by atoms with Gasteiger partial charge in [-0.3, -0.25) is 0 Å². The number of likely N-dealkylation sites (tertiary alicyclic amines) is 1. The summed E-state index contributed by atoms with van der Waals surface area (Å²) >= 11 is 0. The number of aromatic nitrogens is 1. The lowest BCUT2D eigenvalue weighted by molar-refractivity contribution is 0.178. The summed E-state index contributed by atoms with van der Waals surface area (Å²) < 4.78 is 27.2. The van der Waals surface area contributed by atoms with Crippen LogP contribution in [0.1, 0.15) is 19.8 Å². The minimum Gasteiger partial charge on any atom is -0.396 e. The molecule has 0 spiro atoms. The molecule has 106 valence electrons. The molecular weight excluding hydrogens is 264 g/mol. The molecule has 2 unspecified atom stereocenters. The van der Waals surface area contributed by atoms with Gasteiger partial charge in [-0.1, -0.05) is 0 Å². The average Bonchev–Trinajstić information content (AvgIpc) is 2.34. The molecule has 0 amide bonds.